The molecule has 2 rings (SSSR count). The number of aryl methyl sites for hydroxylation is 1. The molecular weight excluding hydrogens is 388 g/mol. The molecule has 0 amide bonds. The molecule has 0 saturated heterocycles. The zero-order valence-corrected chi connectivity index (χ0v) is 17.6. The highest BCUT2D eigenvalue weighted by molar-refractivity contribution is 6.39. The number of benzene rings is 2. The van der Waals surface area contributed by atoms with E-state index in [1.165, 1.54) is 24.3 Å². The van der Waals surface area contributed by atoms with Crippen molar-refractivity contribution in [1.29, 1.82) is 0 Å². The van der Waals surface area contributed by atoms with E-state index in [4.69, 9.17) is 19.3 Å². The topological polar surface area (TPSA) is 99.1 Å². The van der Waals surface area contributed by atoms with Gasteiger partial charge in [0.15, 0.2) is 0 Å². The number of aliphatic carboxylic acids is 1. The number of carbonyl (C=O) groups is 3. The SMILES string of the molecule is Cc1cccc(COC(=O)C(C)(C)C)c1OCCOc1ccc(C(=O)C(=O)O)cc1. The van der Waals surface area contributed by atoms with Crippen LogP contribution in [0.25, 0.3) is 0 Å². The highest BCUT2D eigenvalue weighted by atomic mass is 16.5. The number of ketones is 1. The minimum absolute atomic E-state index is 0.0838. The largest absolute Gasteiger partial charge is 0.490 e. The standard InChI is InChI=1S/C23H26O7/c1-15-6-5-7-17(14-30-22(27)23(2,3)4)20(15)29-13-12-28-18-10-8-16(9-11-18)19(24)21(25)26/h5-11H,12-14H2,1-4H3,(H,25,26). The highest BCUT2D eigenvalue weighted by Crippen LogP contribution is 2.25. The molecule has 0 heterocycles. The quantitative estimate of drug-likeness (QED) is 0.288. The normalized spacial score (nSPS) is 10.9. The van der Waals surface area contributed by atoms with E-state index in [1.54, 1.807) is 20.8 Å². The first-order chi connectivity index (χ1) is 14.1. The van der Waals surface area contributed by atoms with Gasteiger partial charge in [-0.05, 0) is 57.5 Å². The zero-order valence-electron chi connectivity index (χ0n) is 17.6. The lowest BCUT2D eigenvalue weighted by molar-refractivity contribution is -0.154. The fraction of sp³-hybridized carbons (Fsp3) is 0.348. The van der Waals surface area contributed by atoms with Crippen molar-refractivity contribution in [2.45, 2.75) is 34.3 Å². The molecule has 0 unspecified atom stereocenters. The van der Waals surface area contributed by atoms with Crippen molar-refractivity contribution < 1.29 is 33.7 Å². The van der Waals surface area contributed by atoms with Crippen molar-refractivity contribution in [2.24, 2.45) is 5.41 Å². The first kappa shape index (κ1) is 22.9. The molecular formula is C23H26O7. The lowest BCUT2D eigenvalue weighted by Crippen LogP contribution is -2.23. The van der Waals surface area contributed by atoms with Crippen LogP contribution in [-0.4, -0.2) is 36.0 Å². The van der Waals surface area contributed by atoms with E-state index in [2.05, 4.69) is 0 Å². The number of para-hydroxylation sites is 1. The van der Waals surface area contributed by atoms with E-state index >= 15 is 0 Å². The first-order valence-corrected chi connectivity index (χ1v) is 9.48. The van der Waals surface area contributed by atoms with Crippen molar-refractivity contribution in [2.75, 3.05) is 13.2 Å². The third-order valence-electron chi connectivity index (χ3n) is 4.17. The third kappa shape index (κ3) is 6.34. The Kier molecular flexibility index (Phi) is 7.58. The van der Waals surface area contributed by atoms with Crippen LogP contribution in [0.1, 0.15) is 42.3 Å². The molecule has 0 atom stereocenters. The number of carboxylic acids is 1. The molecule has 0 aliphatic rings. The average molecular weight is 414 g/mol. The Labute approximate surface area is 175 Å². The zero-order chi connectivity index (χ0) is 22.3. The Morgan fingerprint density at radius 1 is 0.933 bits per heavy atom. The summed E-state index contributed by atoms with van der Waals surface area (Å²) in [5.41, 5.74) is 1.18. The van der Waals surface area contributed by atoms with E-state index in [0.717, 1.165) is 11.1 Å². The van der Waals surface area contributed by atoms with Gasteiger partial charge in [0.2, 0.25) is 0 Å². The second-order valence-electron chi connectivity index (χ2n) is 7.74. The molecule has 0 aliphatic heterocycles. The summed E-state index contributed by atoms with van der Waals surface area (Å²) in [7, 11) is 0. The van der Waals surface area contributed by atoms with E-state index in [9.17, 15) is 14.4 Å². The monoisotopic (exact) mass is 414 g/mol. The van der Waals surface area contributed by atoms with Crippen LogP contribution in [0.3, 0.4) is 0 Å². The van der Waals surface area contributed by atoms with Crippen LogP contribution in [0.15, 0.2) is 42.5 Å². The molecule has 7 heteroatoms. The van der Waals surface area contributed by atoms with Crippen LogP contribution in [-0.2, 0) is 20.9 Å². The number of carboxylic acid groups (broad SMARTS) is 1. The molecule has 1 N–H and O–H groups in total. The van der Waals surface area contributed by atoms with Gasteiger partial charge in [-0.15, -0.1) is 0 Å². The Balaban J connectivity index is 1.91. The maximum absolute atomic E-state index is 12.0. The highest BCUT2D eigenvalue weighted by Gasteiger charge is 2.23. The summed E-state index contributed by atoms with van der Waals surface area (Å²) < 4.78 is 16.8. The fourth-order valence-corrected chi connectivity index (χ4v) is 2.52. The second-order valence-corrected chi connectivity index (χ2v) is 7.74. The van der Waals surface area contributed by atoms with E-state index in [1.807, 2.05) is 25.1 Å². The summed E-state index contributed by atoms with van der Waals surface area (Å²) in [5.74, 6) is -1.62. The van der Waals surface area contributed by atoms with E-state index in [-0.39, 0.29) is 31.4 Å². The molecule has 30 heavy (non-hydrogen) atoms. The molecule has 0 aromatic heterocycles. The van der Waals surface area contributed by atoms with Gasteiger partial charge in [-0.1, -0.05) is 18.2 Å². The maximum atomic E-state index is 12.0. The Hall–Kier alpha value is -3.35. The van der Waals surface area contributed by atoms with Crippen molar-refractivity contribution >= 4 is 17.7 Å². The minimum atomic E-state index is -1.50. The number of esters is 1. The molecule has 2 aromatic carbocycles. The van der Waals surface area contributed by atoms with Crippen molar-refractivity contribution in [3.05, 3.63) is 59.2 Å². The molecule has 7 nitrogen and oxygen atoms in total. The van der Waals surface area contributed by atoms with E-state index < -0.39 is 17.2 Å². The van der Waals surface area contributed by atoms with Crippen LogP contribution in [0.5, 0.6) is 11.5 Å². The molecule has 0 radical (unpaired) electrons. The first-order valence-electron chi connectivity index (χ1n) is 9.48. The van der Waals surface area contributed by atoms with Gasteiger partial charge in [0.05, 0.1) is 5.41 Å². The van der Waals surface area contributed by atoms with Gasteiger partial charge in [-0.2, -0.15) is 0 Å². The number of hydrogen-bond acceptors (Lipinski definition) is 6. The molecule has 0 fully saturated rings. The van der Waals surface area contributed by atoms with Gasteiger partial charge < -0.3 is 19.3 Å². The summed E-state index contributed by atoms with van der Waals surface area (Å²) in [4.78, 5) is 34.1. The predicted molar refractivity (Wildman–Crippen MR) is 110 cm³/mol. The lowest BCUT2D eigenvalue weighted by atomic mass is 9.97. The Bertz CT molecular complexity index is 908. The molecule has 0 saturated carbocycles. The van der Waals surface area contributed by atoms with E-state index in [0.29, 0.717) is 11.5 Å². The number of rotatable bonds is 9. The number of ether oxygens (including phenoxy) is 3. The van der Waals surface area contributed by atoms with Gasteiger partial charge in [0.1, 0.15) is 31.3 Å². The molecule has 160 valence electrons. The fourth-order valence-electron chi connectivity index (χ4n) is 2.52. The summed E-state index contributed by atoms with van der Waals surface area (Å²) in [5, 5.41) is 8.71. The van der Waals surface area contributed by atoms with Crippen LogP contribution >= 0.6 is 0 Å². The number of Topliss-reactive ketones (excluding diaryl/α,β-unsaturated/α-hetero) is 1. The van der Waals surface area contributed by atoms with Gasteiger partial charge in [-0.3, -0.25) is 9.59 Å². The Morgan fingerprint density at radius 3 is 2.17 bits per heavy atom. The van der Waals surface area contributed by atoms with Crippen LogP contribution < -0.4 is 9.47 Å². The molecule has 2 aromatic rings. The molecule has 0 aliphatic carbocycles. The molecule has 0 bridgehead atoms. The van der Waals surface area contributed by atoms with Gasteiger partial charge in [0.25, 0.3) is 5.78 Å². The van der Waals surface area contributed by atoms with Crippen LogP contribution in [0.4, 0.5) is 0 Å². The van der Waals surface area contributed by atoms with Crippen molar-refractivity contribution in [3.63, 3.8) is 0 Å². The van der Waals surface area contributed by atoms with Gasteiger partial charge >= 0.3 is 11.9 Å². The molecule has 0 spiro atoms. The second kappa shape index (κ2) is 9.91. The lowest BCUT2D eigenvalue weighted by Gasteiger charge is -2.18. The third-order valence-corrected chi connectivity index (χ3v) is 4.17. The van der Waals surface area contributed by atoms with Crippen LogP contribution in [0, 0.1) is 12.3 Å². The van der Waals surface area contributed by atoms with Crippen LogP contribution in [0.2, 0.25) is 0 Å². The summed E-state index contributed by atoms with van der Waals surface area (Å²) in [6.45, 7) is 7.90. The average Bonchev–Trinajstić information content (AvgIpc) is 2.69. The number of carbonyl (C=O) groups excluding carboxylic acids is 2. The minimum Gasteiger partial charge on any atom is -0.490 e. The summed E-state index contributed by atoms with van der Waals surface area (Å²) >= 11 is 0. The van der Waals surface area contributed by atoms with Crippen molar-refractivity contribution in [1.82, 2.24) is 0 Å². The van der Waals surface area contributed by atoms with Gasteiger partial charge in [0, 0.05) is 11.1 Å². The number of hydrogen-bond donors (Lipinski definition) is 1. The maximum Gasteiger partial charge on any atom is 0.377 e. The summed E-state index contributed by atoms with van der Waals surface area (Å²) in [6.07, 6.45) is 0. The predicted octanol–water partition coefficient (Wildman–Crippen LogP) is 3.81. The van der Waals surface area contributed by atoms with Crippen molar-refractivity contribution in [3.8, 4) is 11.5 Å². The smallest absolute Gasteiger partial charge is 0.377 e. The Morgan fingerprint density at radius 2 is 1.57 bits per heavy atom. The summed E-state index contributed by atoms with van der Waals surface area (Å²) in [6, 6.07) is 11.5. The van der Waals surface area contributed by atoms with Gasteiger partial charge in [-0.25, -0.2) is 4.79 Å².